The highest BCUT2D eigenvalue weighted by Gasteiger charge is 2.25. The van der Waals surface area contributed by atoms with Crippen molar-refractivity contribution >= 4 is 5.82 Å². The van der Waals surface area contributed by atoms with E-state index >= 15 is 0 Å². The van der Waals surface area contributed by atoms with Crippen LogP contribution in [0.15, 0.2) is 12.1 Å². The molecule has 3 heteroatoms. The van der Waals surface area contributed by atoms with Crippen molar-refractivity contribution in [2.45, 2.75) is 67.0 Å². The van der Waals surface area contributed by atoms with E-state index in [1.54, 1.807) is 0 Å². The summed E-state index contributed by atoms with van der Waals surface area (Å²) in [6.45, 7) is 15.4. The number of aromatic nitrogens is 1. The molecular weight excluding hydrogens is 258 g/mol. The maximum Gasteiger partial charge on any atom is 0.129 e. The second-order valence-corrected chi connectivity index (χ2v) is 7.01. The summed E-state index contributed by atoms with van der Waals surface area (Å²) < 4.78 is 0. The minimum atomic E-state index is 0.235. The monoisotopic (exact) mass is 291 g/mol. The van der Waals surface area contributed by atoms with E-state index in [0.717, 1.165) is 31.7 Å². The Hall–Kier alpha value is -1.09. The molecule has 0 radical (unpaired) electrons. The zero-order valence-corrected chi connectivity index (χ0v) is 15.0. The van der Waals surface area contributed by atoms with Gasteiger partial charge in [-0.3, -0.25) is 0 Å². The van der Waals surface area contributed by atoms with Gasteiger partial charge in [0.2, 0.25) is 0 Å². The summed E-state index contributed by atoms with van der Waals surface area (Å²) in [6, 6.07) is 4.91. The molecule has 1 rings (SSSR count). The van der Waals surface area contributed by atoms with Gasteiger partial charge in [-0.05, 0) is 43.0 Å². The summed E-state index contributed by atoms with van der Waals surface area (Å²) in [5.74, 6) is 1.09. The van der Waals surface area contributed by atoms with Crippen LogP contribution in [0.1, 0.15) is 59.2 Å². The molecule has 0 aliphatic rings. The molecular formula is C18H33N3. The Bertz CT molecular complexity index is 435. The molecule has 0 amide bonds. The first-order valence-electron chi connectivity index (χ1n) is 8.23. The van der Waals surface area contributed by atoms with E-state index in [1.165, 1.54) is 11.3 Å². The number of pyridine rings is 1. The van der Waals surface area contributed by atoms with Crippen molar-refractivity contribution < 1.29 is 0 Å². The van der Waals surface area contributed by atoms with Crippen molar-refractivity contribution in [2.75, 3.05) is 18.5 Å². The first-order valence-corrected chi connectivity index (χ1v) is 8.23. The van der Waals surface area contributed by atoms with Crippen LogP contribution in [0.3, 0.4) is 0 Å². The number of hydrogen-bond donors (Lipinski definition) is 1. The molecule has 21 heavy (non-hydrogen) atoms. The Balaban J connectivity index is 3.06. The molecule has 1 unspecified atom stereocenters. The zero-order valence-electron chi connectivity index (χ0n) is 15.0. The predicted molar refractivity (Wildman–Crippen MR) is 92.9 cm³/mol. The van der Waals surface area contributed by atoms with Crippen LogP contribution in [0.4, 0.5) is 5.82 Å². The summed E-state index contributed by atoms with van der Waals surface area (Å²) in [6.07, 6.45) is 2.18. The van der Waals surface area contributed by atoms with Crippen LogP contribution in [0.2, 0.25) is 0 Å². The van der Waals surface area contributed by atoms with Gasteiger partial charge in [0, 0.05) is 25.3 Å². The van der Waals surface area contributed by atoms with Crippen LogP contribution in [-0.2, 0) is 13.0 Å². The molecule has 0 spiro atoms. The Kier molecular flexibility index (Phi) is 6.66. The number of nitrogens with zero attached hydrogens (tertiary/aromatic N) is 2. The van der Waals surface area contributed by atoms with Crippen molar-refractivity contribution in [1.29, 1.82) is 0 Å². The van der Waals surface area contributed by atoms with Gasteiger partial charge in [0.1, 0.15) is 5.82 Å². The summed E-state index contributed by atoms with van der Waals surface area (Å²) in [4.78, 5) is 7.18. The Morgan fingerprint density at radius 1 is 1.24 bits per heavy atom. The van der Waals surface area contributed by atoms with Crippen molar-refractivity contribution in [2.24, 2.45) is 5.41 Å². The molecule has 3 nitrogen and oxygen atoms in total. The van der Waals surface area contributed by atoms with Crippen molar-refractivity contribution in [1.82, 2.24) is 10.3 Å². The molecule has 1 heterocycles. The second kappa shape index (κ2) is 7.79. The summed E-state index contributed by atoms with van der Waals surface area (Å²) in [7, 11) is 2.16. The first kappa shape index (κ1) is 18.0. The Morgan fingerprint density at radius 3 is 2.43 bits per heavy atom. The second-order valence-electron chi connectivity index (χ2n) is 7.01. The minimum Gasteiger partial charge on any atom is -0.356 e. The van der Waals surface area contributed by atoms with Gasteiger partial charge < -0.3 is 10.2 Å². The van der Waals surface area contributed by atoms with E-state index in [-0.39, 0.29) is 5.41 Å². The Morgan fingerprint density at radius 2 is 1.90 bits per heavy atom. The molecule has 1 atom stereocenters. The molecule has 0 saturated heterocycles. The molecule has 0 aromatic carbocycles. The van der Waals surface area contributed by atoms with E-state index in [4.69, 9.17) is 4.98 Å². The van der Waals surface area contributed by atoms with Crippen molar-refractivity contribution in [3.05, 3.63) is 23.4 Å². The topological polar surface area (TPSA) is 28.2 Å². The highest BCUT2D eigenvalue weighted by molar-refractivity contribution is 5.43. The number of nitrogens with one attached hydrogen (secondary N) is 1. The lowest BCUT2D eigenvalue weighted by atomic mass is 9.87. The lowest BCUT2D eigenvalue weighted by Crippen LogP contribution is -2.40. The normalized spacial score (nSPS) is 13.3. The summed E-state index contributed by atoms with van der Waals surface area (Å²) in [5.41, 5.74) is 2.77. The quantitative estimate of drug-likeness (QED) is 0.822. The van der Waals surface area contributed by atoms with E-state index in [9.17, 15) is 0 Å². The lowest BCUT2D eigenvalue weighted by Gasteiger charge is -2.36. The SMILES string of the molecule is CCCc1cc(CNCC)cc(N(C)C(C)C(C)(C)C)n1. The molecule has 1 aromatic rings. The average molecular weight is 291 g/mol. The molecule has 0 fully saturated rings. The Labute approximate surface area is 131 Å². The maximum absolute atomic E-state index is 4.86. The van der Waals surface area contributed by atoms with E-state index in [1.807, 2.05) is 0 Å². The van der Waals surface area contributed by atoms with Gasteiger partial charge in [-0.25, -0.2) is 4.98 Å². The fourth-order valence-electron chi connectivity index (χ4n) is 2.35. The van der Waals surface area contributed by atoms with E-state index < -0.39 is 0 Å². The van der Waals surface area contributed by atoms with Crippen molar-refractivity contribution in [3.63, 3.8) is 0 Å². The highest BCUT2D eigenvalue weighted by Crippen LogP contribution is 2.27. The number of anilines is 1. The number of aryl methyl sites for hydroxylation is 1. The maximum atomic E-state index is 4.86. The molecule has 1 N–H and O–H groups in total. The smallest absolute Gasteiger partial charge is 0.129 e. The third-order valence-electron chi connectivity index (χ3n) is 4.21. The minimum absolute atomic E-state index is 0.235. The lowest BCUT2D eigenvalue weighted by molar-refractivity contribution is 0.328. The fourth-order valence-corrected chi connectivity index (χ4v) is 2.35. The molecule has 0 saturated carbocycles. The highest BCUT2D eigenvalue weighted by atomic mass is 15.2. The molecule has 1 aromatic heterocycles. The van der Waals surface area contributed by atoms with Crippen molar-refractivity contribution in [3.8, 4) is 0 Å². The van der Waals surface area contributed by atoms with Gasteiger partial charge in [-0.2, -0.15) is 0 Å². The van der Waals surface area contributed by atoms with Gasteiger partial charge in [-0.15, -0.1) is 0 Å². The number of hydrogen-bond acceptors (Lipinski definition) is 3. The van der Waals surface area contributed by atoms with Gasteiger partial charge in [0.05, 0.1) is 0 Å². The van der Waals surface area contributed by atoms with Crippen LogP contribution < -0.4 is 10.2 Å². The molecule has 120 valence electrons. The average Bonchev–Trinajstić information content (AvgIpc) is 2.42. The largest absolute Gasteiger partial charge is 0.356 e. The van der Waals surface area contributed by atoms with E-state index in [0.29, 0.717) is 6.04 Å². The van der Waals surface area contributed by atoms with Crippen LogP contribution in [0, 0.1) is 5.41 Å². The van der Waals surface area contributed by atoms with Crippen LogP contribution in [0.5, 0.6) is 0 Å². The third-order valence-corrected chi connectivity index (χ3v) is 4.21. The zero-order chi connectivity index (χ0) is 16.0. The van der Waals surface area contributed by atoms with Crippen LogP contribution in [0.25, 0.3) is 0 Å². The number of rotatable bonds is 7. The third kappa shape index (κ3) is 5.31. The molecule has 0 aliphatic carbocycles. The van der Waals surface area contributed by atoms with Gasteiger partial charge in [0.15, 0.2) is 0 Å². The van der Waals surface area contributed by atoms with Crippen LogP contribution in [-0.4, -0.2) is 24.6 Å². The molecule has 0 aliphatic heterocycles. The summed E-state index contributed by atoms with van der Waals surface area (Å²) >= 11 is 0. The van der Waals surface area contributed by atoms with Gasteiger partial charge in [-0.1, -0.05) is 41.0 Å². The fraction of sp³-hybridized carbons (Fsp3) is 0.722. The standard InChI is InChI=1S/C18H33N3/c1-8-10-16-11-15(13-19-9-2)12-17(20-16)21(7)14(3)18(4,5)6/h11-12,14,19H,8-10,13H2,1-7H3. The van der Waals surface area contributed by atoms with Gasteiger partial charge >= 0.3 is 0 Å². The molecule has 0 bridgehead atoms. The van der Waals surface area contributed by atoms with E-state index in [2.05, 4.69) is 70.9 Å². The van der Waals surface area contributed by atoms with Gasteiger partial charge in [0.25, 0.3) is 0 Å². The first-order chi connectivity index (χ1) is 9.79. The summed E-state index contributed by atoms with van der Waals surface area (Å²) in [5, 5.41) is 3.41. The van der Waals surface area contributed by atoms with Crippen LogP contribution >= 0.6 is 0 Å². The predicted octanol–water partition coefficient (Wildman–Crippen LogP) is 4.01.